The highest BCUT2D eigenvalue weighted by molar-refractivity contribution is 7.99. The molecule has 108 valence electrons. The van der Waals surface area contributed by atoms with Crippen molar-refractivity contribution in [1.29, 1.82) is 0 Å². The molecule has 1 aliphatic rings. The number of hydrogen-bond acceptors (Lipinski definition) is 3. The van der Waals surface area contributed by atoms with Crippen molar-refractivity contribution in [1.82, 2.24) is 0 Å². The third-order valence-electron chi connectivity index (χ3n) is 3.72. The maximum Gasteiger partial charge on any atom is 0.235 e. The number of rotatable bonds is 3. The van der Waals surface area contributed by atoms with Gasteiger partial charge in [-0.25, -0.2) is 0 Å². The average molecular weight is 299 g/mol. The summed E-state index contributed by atoms with van der Waals surface area (Å²) in [5.41, 5.74) is 1.86. The number of benzene rings is 2. The van der Waals surface area contributed by atoms with Crippen molar-refractivity contribution in [2.24, 2.45) is 0 Å². The molecule has 0 aliphatic carbocycles. The molecule has 0 radical (unpaired) electrons. The van der Waals surface area contributed by atoms with E-state index < -0.39 is 0 Å². The van der Waals surface area contributed by atoms with Crippen LogP contribution in [0.1, 0.15) is 18.4 Å². The number of phenolic OH excluding ortho intramolecular Hbond substituents is 1. The fourth-order valence-electron chi connectivity index (χ4n) is 2.68. The van der Waals surface area contributed by atoms with E-state index >= 15 is 0 Å². The lowest BCUT2D eigenvalue weighted by Gasteiger charge is -2.24. The van der Waals surface area contributed by atoms with E-state index in [1.807, 2.05) is 31.2 Å². The molecule has 0 saturated carbocycles. The summed E-state index contributed by atoms with van der Waals surface area (Å²) in [5, 5.41) is 9.62. The van der Waals surface area contributed by atoms with Crippen LogP contribution < -0.4 is 4.90 Å². The van der Waals surface area contributed by atoms with Gasteiger partial charge < -0.3 is 10.0 Å². The average Bonchev–Trinajstić information content (AvgIpc) is 2.92. The largest absolute Gasteiger partial charge is 0.508 e. The standard InChI is InChI=1S/C17H17NO2S/c1-2-18(12-6-5-7-13(19)10-12)17(20)15-11-21-16-9-4-3-8-14(15)16/h3-10,15,19H,2,11H2,1H3. The maximum absolute atomic E-state index is 12.9. The highest BCUT2D eigenvalue weighted by Gasteiger charge is 2.32. The van der Waals surface area contributed by atoms with Crippen molar-refractivity contribution in [3.63, 3.8) is 0 Å². The number of aromatic hydroxyl groups is 1. The van der Waals surface area contributed by atoms with Crippen molar-refractivity contribution in [2.75, 3.05) is 17.2 Å². The van der Waals surface area contributed by atoms with Gasteiger partial charge in [-0.3, -0.25) is 4.79 Å². The Labute approximate surface area is 128 Å². The second-order valence-corrected chi connectivity index (χ2v) is 6.07. The van der Waals surface area contributed by atoms with Crippen LogP contribution in [0.5, 0.6) is 5.75 Å². The monoisotopic (exact) mass is 299 g/mol. The summed E-state index contributed by atoms with van der Waals surface area (Å²) < 4.78 is 0. The highest BCUT2D eigenvalue weighted by Crippen LogP contribution is 2.40. The lowest BCUT2D eigenvalue weighted by Crippen LogP contribution is -2.35. The third kappa shape index (κ3) is 2.63. The van der Waals surface area contributed by atoms with E-state index in [4.69, 9.17) is 0 Å². The van der Waals surface area contributed by atoms with E-state index in [0.717, 1.165) is 17.0 Å². The Morgan fingerprint density at radius 2 is 2.10 bits per heavy atom. The summed E-state index contributed by atoms with van der Waals surface area (Å²) in [7, 11) is 0. The molecule has 1 N–H and O–H groups in total. The quantitative estimate of drug-likeness (QED) is 0.940. The van der Waals surface area contributed by atoms with Crippen molar-refractivity contribution in [3.05, 3.63) is 54.1 Å². The van der Waals surface area contributed by atoms with Gasteiger partial charge in [-0.2, -0.15) is 0 Å². The molecule has 0 bridgehead atoms. The van der Waals surface area contributed by atoms with Gasteiger partial charge in [0.2, 0.25) is 5.91 Å². The molecule has 21 heavy (non-hydrogen) atoms. The predicted octanol–water partition coefficient (Wildman–Crippen LogP) is 3.63. The molecule has 3 rings (SSSR count). The number of hydrogen-bond donors (Lipinski definition) is 1. The van der Waals surface area contributed by atoms with Crippen molar-refractivity contribution < 1.29 is 9.90 Å². The molecule has 0 spiro atoms. The molecule has 1 aliphatic heterocycles. The van der Waals surface area contributed by atoms with Gasteiger partial charge in [0.1, 0.15) is 5.75 Å². The van der Waals surface area contributed by atoms with E-state index in [-0.39, 0.29) is 17.6 Å². The summed E-state index contributed by atoms with van der Waals surface area (Å²) in [6.45, 7) is 2.54. The predicted molar refractivity (Wildman–Crippen MR) is 86.0 cm³/mol. The van der Waals surface area contributed by atoms with Crippen LogP contribution in [0.3, 0.4) is 0 Å². The number of likely N-dealkylation sites (N-methyl/N-ethyl adjacent to an activating group) is 1. The smallest absolute Gasteiger partial charge is 0.235 e. The van der Waals surface area contributed by atoms with Crippen LogP contribution in [0.2, 0.25) is 0 Å². The van der Waals surface area contributed by atoms with Crippen LogP contribution in [-0.2, 0) is 4.79 Å². The number of carbonyl (C=O) groups excluding carboxylic acids is 1. The number of thioether (sulfide) groups is 1. The van der Waals surface area contributed by atoms with Crippen LogP contribution in [0.25, 0.3) is 0 Å². The Morgan fingerprint density at radius 3 is 2.86 bits per heavy atom. The molecular weight excluding hydrogens is 282 g/mol. The molecule has 2 aromatic carbocycles. The number of fused-ring (bicyclic) bond motifs is 1. The number of anilines is 1. The minimum absolute atomic E-state index is 0.0977. The van der Waals surface area contributed by atoms with E-state index in [1.165, 1.54) is 4.90 Å². The number of amides is 1. The first-order valence-corrected chi connectivity index (χ1v) is 8.01. The Balaban J connectivity index is 1.91. The molecule has 2 aromatic rings. The summed E-state index contributed by atoms with van der Waals surface area (Å²) >= 11 is 1.73. The lowest BCUT2D eigenvalue weighted by atomic mass is 9.99. The number of carbonyl (C=O) groups is 1. The van der Waals surface area contributed by atoms with Crippen LogP contribution in [-0.4, -0.2) is 23.3 Å². The minimum atomic E-state index is -0.103. The zero-order valence-electron chi connectivity index (χ0n) is 11.8. The summed E-state index contributed by atoms with van der Waals surface area (Å²) in [6.07, 6.45) is 0. The van der Waals surface area contributed by atoms with Gasteiger partial charge in [0, 0.05) is 28.9 Å². The molecule has 0 aromatic heterocycles. The van der Waals surface area contributed by atoms with Gasteiger partial charge in [-0.1, -0.05) is 24.3 Å². The van der Waals surface area contributed by atoms with E-state index in [9.17, 15) is 9.90 Å². The Morgan fingerprint density at radius 1 is 1.29 bits per heavy atom. The van der Waals surface area contributed by atoms with Crippen LogP contribution in [0.15, 0.2) is 53.4 Å². The molecular formula is C17H17NO2S. The highest BCUT2D eigenvalue weighted by atomic mass is 32.2. The van der Waals surface area contributed by atoms with Gasteiger partial charge in [0.05, 0.1) is 5.92 Å². The Kier molecular flexibility index (Phi) is 3.88. The Hall–Kier alpha value is -1.94. The van der Waals surface area contributed by atoms with Gasteiger partial charge in [-0.15, -0.1) is 11.8 Å². The topological polar surface area (TPSA) is 40.5 Å². The first-order chi connectivity index (χ1) is 10.2. The molecule has 1 unspecified atom stereocenters. The first-order valence-electron chi connectivity index (χ1n) is 7.03. The van der Waals surface area contributed by atoms with Gasteiger partial charge in [-0.05, 0) is 30.7 Å². The van der Waals surface area contributed by atoms with Crippen LogP contribution >= 0.6 is 11.8 Å². The van der Waals surface area contributed by atoms with E-state index in [0.29, 0.717) is 6.54 Å². The second kappa shape index (κ2) is 5.82. The normalized spacial score (nSPS) is 16.5. The Bertz CT molecular complexity index is 671. The van der Waals surface area contributed by atoms with E-state index in [2.05, 4.69) is 6.07 Å². The molecule has 0 fully saturated rings. The van der Waals surface area contributed by atoms with Gasteiger partial charge in [0.15, 0.2) is 0 Å². The van der Waals surface area contributed by atoms with Crippen LogP contribution in [0.4, 0.5) is 5.69 Å². The number of phenols is 1. The number of nitrogens with zero attached hydrogens (tertiary/aromatic N) is 1. The molecule has 1 atom stereocenters. The van der Waals surface area contributed by atoms with Crippen molar-refractivity contribution in [3.8, 4) is 5.75 Å². The fraction of sp³-hybridized carbons (Fsp3) is 0.235. The summed E-state index contributed by atoms with van der Waals surface area (Å²) in [5.74, 6) is 0.960. The van der Waals surface area contributed by atoms with Crippen LogP contribution in [0, 0.1) is 0 Å². The fourth-order valence-corrected chi connectivity index (χ4v) is 3.90. The zero-order chi connectivity index (χ0) is 14.8. The lowest BCUT2D eigenvalue weighted by molar-refractivity contribution is -0.119. The minimum Gasteiger partial charge on any atom is -0.508 e. The molecule has 1 amide bonds. The van der Waals surface area contributed by atoms with Crippen molar-refractivity contribution in [2.45, 2.75) is 17.7 Å². The van der Waals surface area contributed by atoms with Gasteiger partial charge >= 0.3 is 0 Å². The first kappa shape index (κ1) is 14.0. The third-order valence-corrected chi connectivity index (χ3v) is 4.90. The summed E-state index contributed by atoms with van der Waals surface area (Å²) in [4.78, 5) is 15.8. The SMILES string of the molecule is CCN(C(=O)C1CSc2ccccc21)c1cccc(O)c1. The van der Waals surface area contributed by atoms with Gasteiger partial charge in [0.25, 0.3) is 0 Å². The zero-order valence-corrected chi connectivity index (χ0v) is 12.6. The van der Waals surface area contributed by atoms with E-state index in [1.54, 1.807) is 34.9 Å². The maximum atomic E-state index is 12.9. The molecule has 3 nitrogen and oxygen atoms in total. The molecule has 1 heterocycles. The molecule has 0 saturated heterocycles. The molecule has 4 heteroatoms. The van der Waals surface area contributed by atoms with Crippen molar-refractivity contribution >= 4 is 23.4 Å². The second-order valence-electron chi connectivity index (χ2n) is 5.00. The summed E-state index contributed by atoms with van der Waals surface area (Å²) in [6, 6.07) is 15.0.